The van der Waals surface area contributed by atoms with Gasteiger partial charge in [0.2, 0.25) is 0 Å². The Bertz CT molecular complexity index is 1370. The summed E-state index contributed by atoms with van der Waals surface area (Å²) in [6.07, 6.45) is 5.51. The Morgan fingerprint density at radius 1 is 1.03 bits per heavy atom. The first kappa shape index (κ1) is 23.9. The molecule has 0 spiro atoms. The van der Waals surface area contributed by atoms with Crippen LogP contribution in [-0.4, -0.2) is 50.3 Å². The van der Waals surface area contributed by atoms with E-state index in [-0.39, 0.29) is 6.10 Å². The number of aromatic nitrogens is 3. The fraction of sp³-hybridized carbons (Fsp3) is 0.400. The average molecular weight is 498 g/mol. The highest BCUT2D eigenvalue weighted by molar-refractivity contribution is 6.02. The number of hydrogen-bond acceptors (Lipinski definition) is 6. The Hall–Kier alpha value is -3.42. The molecule has 7 nitrogen and oxygen atoms in total. The van der Waals surface area contributed by atoms with Crippen molar-refractivity contribution in [2.45, 2.75) is 51.4 Å². The van der Waals surface area contributed by atoms with Gasteiger partial charge in [0.05, 0.1) is 11.5 Å². The fourth-order valence-corrected chi connectivity index (χ4v) is 6.08. The van der Waals surface area contributed by atoms with Crippen molar-refractivity contribution in [3.8, 4) is 16.9 Å². The minimum absolute atomic E-state index is 0.120. The molecule has 0 unspecified atom stereocenters. The van der Waals surface area contributed by atoms with Gasteiger partial charge in [0.25, 0.3) is 0 Å². The summed E-state index contributed by atoms with van der Waals surface area (Å²) in [6, 6.07) is 18.8. The third kappa shape index (κ3) is 4.81. The van der Waals surface area contributed by atoms with Crippen LogP contribution in [-0.2, 0) is 6.61 Å². The summed E-state index contributed by atoms with van der Waals surface area (Å²) in [5.74, 6) is 2.02. The zero-order valence-electron chi connectivity index (χ0n) is 21.4. The summed E-state index contributed by atoms with van der Waals surface area (Å²) in [5.41, 5.74) is 11.8. The molecule has 1 aliphatic heterocycles. The molecule has 0 atom stereocenters. The van der Waals surface area contributed by atoms with Gasteiger partial charge in [-0.15, -0.1) is 0 Å². The van der Waals surface area contributed by atoms with Gasteiger partial charge >= 0.3 is 0 Å². The molecule has 2 aliphatic rings. The van der Waals surface area contributed by atoms with Crippen LogP contribution in [0, 0.1) is 12.8 Å². The summed E-state index contributed by atoms with van der Waals surface area (Å²) >= 11 is 0. The number of likely N-dealkylation sites (tertiary alicyclic amines) is 1. The standard InChI is InChI=1S/C30H35N5O2/c1-20-27(23-8-5-9-26(16-23)37-18-21-6-3-2-4-7-21)28-29(31)32-19-33-30(28)35(20)24-14-22(15-24)17-34-12-10-25(36)11-13-34/h2-9,16,19,22,24-25,36H,10-15,17-18H2,1H3,(H2,31,32,33)/t22-,24+. The highest BCUT2D eigenvalue weighted by Crippen LogP contribution is 2.45. The predicted octanol–water partition coefficient (Wildman–Crippen LogP) is 4.98. The Kier molecular flexibility index (Phi) is 6.57. The third-order valence-electron chi connectivity index (χ3n) is 8.08. The smallest absolute Gasteiger partial charge is 0.146 e. The lowest BCUT2D eigenvalue weighted by Gasteiger charge is -2.41. The molecule has 37 heavy (non-hydrogen) atoms. The Morgan fingerprint density at radius 3 is 2.59 bits per heavy atom. The molecular weight excluding hydrogens is 462 g/mol. The molecule has 4 aromatic rings. The second-order valence-electron chi connectivity index (χ2n) is 10.6. The summed E-state index contributed by atoms with van der Waals surface area (Å²) in [6.45, 7) is 5.82. The summed E-state index contributed by atoms with van der Waals surface area (Å²) in [4.78, 5) is 11.6. The molecule has 0 radical (unpaired) electrons. The monoisotopic (exact) mass is 497 g/mol. The Balaban J connectivity index is 1.25. The molecular formula is C30H35N5O2. The number of nitrogens with zero attached hydrogens (tertiary/aromatic N) is 4. The number of anilines is 1. The van der Waals surface area contributed by atoms with Gasteiger partial charge in [0.1, 0.15) is 30.1 Å². The van der Waals surface area contributed by atoms with Crippen molar-refractivity contribution in [3.63, 3.8) is 0 Å². The quantitative estimate of drug-likeness (QED) is 0.375. The van der Waals surface area contributed by atoms with Crippen molar-refractivity contribution in [1.82, 2.24) is 19.4 Å². The second-order valence-corrected chi connectivity index (χ2v) is 10.6. The van der Waals surface area contributed by atoms with E-state index in [1.54, 1.807) is 6.33 Å². The van der Waals surface area contributed by atoms with E-state index in [1.165, 1.54) is 5.69 Å². The van der Waals surface area contributed by atoms with Gasteiger partial charge < -0.3 is 25.0 Å². The van der Waals surface area contributed by atoms with E-state index in [0.717, 1.165) is 78.8 Å². The van der Waals surface area contributed by atoms with E-state index < -0.39 is 0 Å². The molecule has 0 amide bonds. The van der Waals surface area contributed by atoms with Gasteiger partial charge in [-0.3, -0.25) is 0 Å². The number of hydrogen-bond donors (Lipinski definition) is 2. The minimum Gasteiger partial charge on any atom is -0.489 e. The summed E-state index contributed by atoms with van der Waals surface area (Å²) < 4.78 is 8.51. The third-order valence-corrected chi connectivity index (χ3v) is 8.08. The summed E-state index contributed by atoms with van der Waals surface area (Å²) in [7, 11) is 0. The SMILES string of the molecule is Cc1c(-c2cccc(OCc3ccccc3)c2)c2c(N)ncnc2n1[C@H]1C[C@@H](CN2CCC(O)CC2)C1. The van der Waals surface area contributed by atoms with Gasteiger partial charge in [0, 0.05) is 36.9 Å². The Labute approximate surface area is 217 Å². The second kappa shape index (κ2) is 10.1. The number of nitrogen functional groups attached to an aromatic ring is 1. The van der Waals surface area contributed by atoms with E-state index >= 15 is 0 Å². The van der Waals surface area contributed by atoms with Crippen molar-refractivity contribution in [2.24, 2.45) is 5.92 Å². The molecule has 3 N–H and O–H groups in total. The normalized spacial score (nSPS) is 20.7. The van der Waals surface area contributed by atoms with Crippen molar-refractivity contribution in [2.75, 3.05) is 25.4 Å². The van der Waals surface area contributed by atoms with Crippen molar-refractivity contribution >= 4 is 16.9 Å². The van der Waals surface area contributed by atoms with E-state index in [2.05, 4.69) is 45.6 Å². The lowest BCUT2D eigenvalue weighted by Crippen LogP contribution is -2.42. The highest BCUT2D eigenvalue weighted by atomic mass is 16.5. The zero-order valence-corrected chi connectivity index (χ0v) is 21.4. The van der Waals surface area contributed by atoms with E-state index in [0.29, 0.717) is 24.4 Å². The van der Waals surface area contributed by atoms with Crippen LogP contribution in [0.3, 0.4) is 0 Å². The fourth-order valence-electron chi connectivity index (χ4n) is 6.08. The van der Waals surface area contributed by atoms with Crippen molar-refractivity contribution in [3.05, 3.63) is 72.2 Å². The van der Waals surface area contributed by atoms with Gasteiger partial charge in [0.15, 0.2) is 0 Å². The van der Waals surface area contributed by atoms with Crippen LogP contribution in [0.15, 0.2) is 60.9 Å². The van der Waals surface area contributed by atoms with E-state index in [1.807, 2.05) is 30.3 Å². The number of fused-ring (bicyclic) bond motifs is 1. The summed E-state index contributed by atoms with van der Waals surface area (Å²) in [5, 5.41) is 10.7. The molecule has 7 heteroatoms. The largest absolute Gasteiger partial charge is 0.489 e. The maximum Gasteiger partial charge on any atom is 0.146 e. The van der Waals surface area contributed by atoms with Gasteiger partial charge in [-0.25, -0.2) is 9.97 Å². The van der Waals surface area contributed by atoms with Crippen LogP contribution in [0.5, 0.6) is 5.75 Å². The molecule has 2 aromatic carbocycles. The van der Waals surface area contributed by atoms with Crippen LogP contribution >= 0.6 is 0 Å². The van der Waals surface area contributed by atoms with Crippen molar-refractivity contribution < 1.29 is 9.84 Å². The molecule has 6 rings (SSSR count). The number of ether oxygens (including phenoxy) is 1. The van der Waals surface area contributed by atoms with Crippen molar-refractivity contribution in [1.29, 1.82) is 0 Å². The number of benzene rings is 2. The molecule has 1 saturated carbocycles. The average Bonchev–Trinajstić information content (AvgIpc) is 3.19. The number of rotatable bonds is 7. The highest BCUT2D eigenvalue weighted by Gasteiger charge is 2.35. The first-order valence-corrected chi connectivity index (χ1v) is 13.4. The van der Waals surface area contributed by atoms with Crippen LogP contribution in [0.2, 0.25) is 0 Å². The number of piperidine rings is 1. The Morgan fingerprint density at radius 2 is 1.81 bits per heavy atom. The molecule has 1 aliphatic carbocycles. The molecule has 3 heterocycles. The number of nitrogens with two attached hydrogens (primary N) is 1. The predicted molar refractivity (Wildman–Crippen MR) is 146 cm³/mol. The lowest BCUT2D eigenvalue weighted by molar-refractivity contribution is 0.0566. The molecule has 1 saturated heterocycles. The van der Waals surface area contributed by atoms with Crippen LogP contribution in [0.4, 0.5) is 5.82 Å². The molecule has 0 bridgehead atoms. The number of aliphatic hydroxyl groups is 1. The minimum atomic E-state index is -0.120. The van der Waals surface area contributed by atoms with E-state index in [4.69, 9.17) is 15.5 Å². The zero-order chi connectivity index (χ0) is 25.4. The maximum absolute atomic E-state index is 9.81. The van der Waals surface area contributed by atoms with Crippen LogP contribution in [0.1, 0.15) is 43.0 Å². The van der Waals surface area contributed by atoms with Gasteiger partial charge in [-0.2, -0.15) is 0 Å². The molecule has 2 aromatic heterocycles. The topological polar surface area (TPSA) is 89.4 Å². The van der Waals surface area contributed by atoms with Crippen LogP contribution in [0.25, 0.3) is 22.2 Å². The van der Waals surface area contributed by atoms with Crippen LogP contribution < -0.4 is 10.5 Å². The van der Waals surface area contributed by atoms with E-state index in [9.17, 15) is 5.11 Å². The molecule has 192 valence electrons. The number of aliphatic hydroxyl groups excluding tert-OH is 1. The van der Waals surface area contributed by atoms with Gasteiger partial charge in [-0.05, 0) is 61.8 Å². The first-order chi connectivity index (χ1) is 18.1. The maximum atomic E-state index is 9.81. The lowest BCUT2D eigenvalue weighted by atomic mass is 9.79. The van der Waals surface area contributed by atoms with Gasteiger partial charge in [-0.1, -0.05) is 42.5 Å². The first-order valence-electron chi connectivity index (χ1n) is 13.4. The molecule has 2 fully saturated rings.